The maximum absolute atomic E-state index is 3.43. The van der Waals surface area contributed by atoms with Gasteiger partial charge in [0, 0.05) is 0 Å². The van der Waals surface area contributed by atoms with Crippen LogP contribution in [0.3, 0.4) is 0 Å². The van der Waals surface area contributed by atoms with Gasteiger partial charge in [-0.2, -0.15) is 0 Å². The first-order valence-corrected chi connectivity index (χ1v) is 8.74. The molecule has 0 rings (SSSR count). The number of hydrogen-bond acceptors (Lipinski definition) is 0. The standard InChI is InChI=1S/C2H6Br2Si/c1-2-5(3)4/h5H,2H2,1H3. The van der Waals surface area contributed by atoms with E-state index >= 15 is 0 Å². The van der Waals surface area contributed by atoms with Crippen LogP contribution in [-0.2, 0) is 0 Å². The fourth-order valence-electron chi connectivity index (χ4n) is 0. The molecule has 0 aliphatic carbocycles. The van der Waals surface area contributed by atoms with Crippen molar-refractivity contribution in [1.29, 1.82) is 0 Å². The normalized spacial score (nSPS) is 9.60. The van der Waals surface area contributed by atoms with E-state index in [1.165, 1.54) is 6.04 Å². The summed E-state index contributed by atoms with van der Waals surface area (Å²) >= 11 is 6.86. The summed E-state index contributed by atoms with van der Waals surface area (Å²) in [5.41, 5.74) is 0. The fourth-order valence-corrected chi connectivity index (χ4v) is 0. The van der Waals surface area contributed by atoms with Gasteiger partial charge in [-0.3, -0.25) is 0 Å². The summed E-state index contributed by atoms with van der Waals surface area (Å²) in [6.07, 6.45) is 0. The van der Waals surface area contributed by atoms with Crippen LogP contribution in [0, 0.1) is 0 Å². The van der Waals surface area contributed by atoms with Crippen molar-refractivity contribution < 1.29 is 0 Å². The molecule has 0 N–H and O–H groups in total. The second-order valence-electron chi connectivity index (χ2n) is 0.799. The average Bonchev–Trinajstić information content (AvgIpc) is 1.38. The molecule has 0 saturated carbocycles. The van der Waals surface area contributed by atoms with Crippen molar-refractivity contribution in [3.05, 3.63) is 0 Å². The quantitative estimate of drug-likeness (QED) is 0.466. The van der Waals surface area contributed by atoms with E-state index in [9.17, 15) is 0 Å². The van der Waals surface area contributed by atoms with E-state index in [0.717, 1.165) is 0 Å². The van der Waals surface area contributed by atoms with E-state index in [1.54, 1.807) is 0 Å². The maximum atomic E-state index is 3.43. The highest BCUT2D eigenvalue weighted by molar-refractivity contribution is 9.49. The molecule has 0 aromatic rings. The van der Waals surface area contributed by atoms with Gasteiger partial charge in [0.25, 0.3) is 0 Å². The molecule has 3 heteroatoms. The van der Waals surface area contributed by atoms with Gasteiger partial charge in [0.15, 0.2) is 6.04 Å². The van der Waals surface area contributed by atoms with Crippen LogP contribution in [0.25, 0.3) is 0 Å². The average molecular weight is 218 g/mol. The Hall–Kier alpha value is 1.18. The van der Waals surface area contributed by atoms with Crippen LogP contribution in [0.2, 0.25) is 6.04 Å². The van der Waals surface area contributed by atoms with Crippen molar-refractivity contribution in [1.82, 2.24) is 0 Å². The minimum Gasteiger partial charge on any atom is -0.116 e. The molecule has 0 bridgehead atoms. The zero-order valence-corrected chi connectivity index (χ0v) is 7.37. The zero-order valence-electron chi connectivity index (χ0n) is 3.04. The zero-order chi connectivity index (χ0) is 4.28. The fraction of sp³-hybridized carbons (Fsp3) is 1.00. The highest BCUT2D eigenvalue weighted by Crippen LogP contribution is 2.05. The Balaban J connectivity index is 2.54. The lowest BCUT2D eigenvalue weighted by Crippen LogP contribution is -1.80. The van der Waals surface area contributed by atoms with Crippen molar-refractivity contribution in [2.24, 2.45) is 0 Å². The Morgan fingerprint density at radius 1 is 1.60 bits per heavy atom. The third-order valence-corrected chi connectivity index (χ3v) is 4.81. The lowest BCUT2D eigenvalue weighted by Gasteiger charge is -1.82. The van der Waals surface area contributed by atoms with Gasteiger partial charge in [-0.25, -0.2) is 0 Å². The summed E-state index contributed by atoms with van der Waals surface area (Å²) in [5, 5.41) is 0. The van der Waals surface area contributed by atoms with Crippen LogP contribution in [0.15, 0.2) is 0 Å². The highest BCUT2D eigenvalue weighted by Gasteiger charge is 1.89. The molecule has 0 fully saturated rings. The largest absolute Gasteiger partial charge is 0.186 e. The van der Waals surface area contributed by atoms with Crippen molar-refractivity contribution in [2.45, 2.75) is 13.0 Å². The molecule has 0 heterocycles. The van der Waals surface area contributed by atoms with E-state index < -0.39 is 6.04 Å². The minimum atomic E-state index is -0.525. The molecule has 0 spiro atoms. The van der Waals surface area contributed by atoms with Crippen LogP contribution >= 0.6 is 30.6 Å². The molecule has 0 aromatic carbocycles. The van der Waals surface area contributed by atoms with Crippen molar-refractivity contribution in [2.75, 3.05) is 0 Å². The van der Waals surface area contributed by atoms with Crippen LogP contribution in [0.4, 0.5) is 0 Å². The Bertz CT molecular complexity index is 21.6. The molecule has 0 atom stereocenters. The van der Waals surface area contributed by atoms with Gasteiger partial charge in [-0.15, -0.1) is 30.6 Å². The minimum absolute atomic E-state index is 0.525. The predicted octanol–water partition coefficient (Wildman–Crippen LogP) is 2.02. The summed E-state index contributed by atoms with van der Waals surface area (Å²) in [6.45, 7) is 2.17. The lowest BCUT2D eigenvalue weighted by atomic mass is 11.0. The van der Waals surface area contributed by atoms with Gasteiger partial charge in [-0.05, 0) is 6.04 Å². The second kappa shape index (κ2) is 3.37. The molecule has 0 aliphatic rings. The Labute approximate surface area is 49.7 Å². The molecule has 0 aliphatic heterocycles. The Morgan fingerprint density at radius 2 is 1.80 bits per heavy atom. The molecule has 0 amide bonds. The second-order valence-corrected chi connectivity index (χ2v) is 12.7. The first-order chi connectivity index (χ1) is 2.27. The van der Waals surface area contributed by atoms with Crippen LogP contribution < -0.4 is 0 Å². The SMILES string of the molecule is CC[SiH](Br)Br. The summed E-state index contributed by atoms with van der Waals surface area (Å²) in [6, 6.07) is 0.753. The molecule has 5 heavy (non-hydrogen) atoms. The maximum Gasteiger partial charge on any atom is 0.186 e. The first-order valence-electron chi connectivity index (χ1n) is 1.55. The molecular weight excluding hydrogens is 212 g/mol. The van der Waals surface area contributed by atoms with E-state index in [1.807, 2.05) is 0 Å². The number of halogens is 2. The molecule has 0 radical (unpaired) electrons. The Morgan fingerprint density at radius 3 is 1.80 bits per heavy atom. The van der Waals surface area contributed by atoms with Gasteiger partial charge in [-0.1, -0.05) is 6.92 Å². The topological polar surface area (TPSA) is 0 Å². The van der Waals surface area contributed by atoms with Gasteiger partial charge in [0.2, 0.25) is 0 Å². The number of hydrogen-bond donors (Lipinski definition) is 0. The molecule has 32 valence electrons. The highest BCUT2D eigenvalue weighted by atomic mass is 79.9. The first kappa shape index (κ1) is 6.18. The van der Waals surface area contributed by atoms with Gasteiger partial charge in [0.05, 0.1) is 0 Å². The van der Waals surface area contributed by atoms with Crippen molar-refractivity contribution >= 4 is 36.6 Å². The smallest absolute Gasteiger partial charge is 0.116 e. The molecular formula is C2H6Br2Si. The van der Waals surface area contributed by atoms with Gasteiger partial charge >= 0.3 is 0 Å². The van der Waals surface area contributed by atoms with Crippen LogP contribution in [0.5, 0.6) is 0 Å². The summed E-state index contributed by atoms with van der Waals surface area (Å²) < 4.78 is 0. The van der Waals surface area contributed by atoms with Crippen molar-refractivity contribution in [3.63, 3.8) is 0 Å². The van der Waals surface area contributed by atoms with E-state index in [4.69, 9.17) is 0 Å². The van der Waals surface area contributed by atoms with E-state index in [-0.39, 0.29) is 0 Å². The predicted molar refractivity (Wildman–Crippen MR) is 35.5 cm³/mol. The monoisotopic (exact) mass is 216 g/mol. The van der Waals surface area contributed by atoms with Crippen molar-refractivity contribution in [3.8, 4) is 0 Å². The summed E-state index contributed by atoms with van der Waals surface area (Å²) in [5.74, 6) is 0. The van der Waals surface area contributed by atoms with Crippen LogP contribution in [0.1, 0.15) is 6.92 Å². The molecule has 0 saturated heterocycles. The van der Waals surface area contributed by atoms with Gasteiger partial charge < -0.3 is 0 Å². The van der Waals surface area contributed by atoms with E-state index in [2.05, 4.69) is 37.5 Å². The molecule has 0 nitrogen and oxygen atoms in total. The summed E-state index contributed by atoms with van der Waals surface area (Å²) in [4.78, 5) is 0. The van der Waals surface area contributed by atoms with Gasteiger partial charge in [0.1, 0.15) is 0 Å². The van der Waals surface area contributed by atoms with Crippen LogP contribution in [-0.4, -0.2) is 6.04 Å². The third-order valence-electron chi connectivity index (χ3n) is 0.309. The lowest BCUT2D eigenvalue weighted by molar-refractivity contribution is 1.47. The molecule has 0 unspecified atom stereocenters. The third kappa shape index (κ3) is 5.18. The number of rotatable bonds is 1. The summed E-state index contributed by atoms with van der Waals surface area (Å²) in [7, 11) is 0. The van der Waals surface area contributed by atoms with E-state index in [0.29, 0.717) is 0 Å². The molecule has 0 aromatic heterocycles. The Kier molecular flexibility index (Phi) is 4.16.